The zero-order valence-electron chi connectivity index (χ0n) is 11.5. The third-order valence-electron chi connectivity index (χ3n) is 2.26. The van der Waals surface area contributed by atoms with Gasteiger partial charge >= 0.3 is 6.09 Å². The summed E-state index contributed by atoms with van der Waals surface area (Å²) in [5, 5.41) is 2.62. The van der Waals surface area contributed by atoms with Crippen molar-refractivity contribution in [1.82, 2.24) is 5.32 Å². The first kappa shape index (κ1) is 16.2. The Morgan fingerprint density at radius 3 is 2.35 bits per heavy atom. The highest BCUT2D eigenvalue weighted by molar-refractivity contribution is 5.67. The zero-order valence-corrected chi connectivity index (χ0v) is 11.5. The van der Waals surface area contributed by atoms with Crippen LogP contribution in [0.3, 0.4) is 0 Å². The van der Waals surface area contributed by atoms with E-state index in [1.807, 2.05) is 27.7 Å². The van der Waals surface area contributed by atoms with Crippen LogP contribution < -0.4 is 5.32 Å². The lowest BCUT2D eigenvalue weighted by Crippen LogP contribution is -2.35. The number of nitrogens with one attached hydrogen (secondary N) is 1. The van der Waals surface area contributed by atoms with Gasteiger partial charge in [0.25, 0.3) is 0 Å². The number of hydrogen-bond donors (Lipinski definition) is 1. The summed E-state index contributed by atoms with van der Waals surface area (Å²) >= 11 is 0. The van der Waals surface area contributed by atoms with Gasteiger partial charge in [-0.1, -0.05) is 6.92 Å². The van der Waals surface area contributed by atoms with Gasteiger partial charge in [-0.25, -0.2) is 4.79 Å². The first-order chi connectivity index (χ1) is 7.99. The van der Waals surface area contributed by atoms with E-state index in [4.69, 9.17) is 14.2 Å². The van der Waals surface area contributed by atoms with Gasteiger partial charge in [0.1, 0.15) is 0 Å². The summed E-state index contributed by atoms with van der Waals surface area (Å²) in [6.07, 6.45) is -0.0605. The van der Waals surface area contributed by atoms with E-state index in [0.717, 1.165) is 6.42 Å². The molecule has 0 bridgehead atoms. The average molecular weight is 247 g/mol. The molecule has 3 unspecified atom stereocenters. The molecule has 0 spiro atoms. The molecular formula is C12H25NO4. The van der Waals surface area contributed by atoms with Crippen molar-refractivity contribution in [2.24, 2.45) is 0 Å². The molecule has 0 aromatic rings. The second-order valence-corrected chi connectivity index (χ2v) is 3.97. The molecule has 0 aliphatic carbocycles. The molecule has 0 radical (unpaired) electrons. The SMILES string of the molecule is CCOC(C)CNC(=O)OC(C)OC(C)CC. The summed E-state index contributed by atoms with van der Waals surface area (Å²) in [6.45, 7) is 10.5. The van der Waals surface area contributed by atoms with Crippen LogP contribution in [0, 0.1) is 0 Å². The van der Waals surface area contributed by atoms with Crippen molar-refractivity contribution in [2.45, 2.75) is 59.5 Å². The Morgan fingerprint density at radius 2 is 1.82 bits per heavy atom. The Bertz CT molecular complexity index is 211. The van der Waals surface area contributed by atoms with Crippen LogP contribution in [-0.4, -0.2) is 37.7 Å². The molecule has 0 saturated heterocycles. The molecule has 1 amide bonds. The van der Waals surface area contributed by atoms with Gasteiger partial charge in [-0.15, -0.1) is 0 Å². The summed E-state index contributed by atoms with van der Waals surface area (Å²) in [4.78, 5) is 11.4. The topological polar surface area (TPSA) is 56.8 Å². The molecule has 3 atom stereocenters. The first-order valence-electron chi connectivity index (χ1n) is 6.21. The smallest absolute Gasteiger partial charge is 0.409 e. The fourth-order valence-corrected chi connectivity index (χ4v) is 1.21. The lowest BCUT2D eigenvalue weighted by Gasteiger charge is -2.19. The van der Waals surface area contributed by atoms with Gasteiger partial charge in [0.2, 0.25) is 6.29 Å². The number of carbonyl (C=O) groups excluding carboxylic acids is 1. The Labute approximate surface area is 104 Å². The number of alkyl carbamates (subject to hydrolysis) is 1. The van der Waals surface area contributed by atoms with Crippen LogP contribution in [0.4, 0.5) is 4.79 Å². The lowest BCUT2D eigenvalue weighted by atomic mass is 10.3. The minimum Gasteiger partial charge on any atom is -0.420 e. The predicted molar refractivity (Wildman–Crippen MR) is 65.9 cm³/mol. The van der Waals surface area contributed by atoms with Crippen molar-refractivity contribution in [3.8, 4) is 0 Å². The Morgan fingerprint density at radius 1 is 1.18 bits per heavy atom. The monoisotopic (exact) mass is 247 g/mol. The molecule has 0 rings (SSSR count). The second kappa shape index (κ2) is 9.24. The van der Waals surface area contributed by atoms with Gasteiger partial charge in [0.15, 0.2) is 0 Å². The highest BCUT2D eigenvalue weighted by Gasteiger charge is 2.12. The van der Waals surface area contributed by atoms with Crippen molar-refractivity contribution in [3.63, 3.8) is 0 Å². The predicted octanol–water partition coefficient (Wildman–Crippen LogP) is 2.30. The highest BCUT2D eigenvalue weighted by Crippen LogP contribution is 2.03. The molecule has 0 aliphatic heterocycles. The molecule has 0 saturated carbocycles. The molecule has 5 nitrogen and oxygen atoms in total. The number of rotatable bonds is 8. The molecule has 17 heavy (non-hydrogen) atoms. The molecular weight excluding hydrogens is 222 g/mol. The van der Waals surface area contributed by atoms with E-state index in [1.165, 1.54) is 0 Å². The van der Waals surface area contributed by atoms with Gasteiger partial charge < -0.3 is 19.5 Å². The van der Waals surface area contributed by atoms with E-state index >= 15 is 0 Å². The van der Waals surface area contributed by atoms with E-state index in [2.05, 4.69) is 5.32 Å². The summed E-state index contributed by atoms with van der Waals surface area (Å²) < 4.78 is 15.7. The van der Waals surface area contributed by atoms with E-state index < -0.39 is 12.4 Å². The van der Waals surface area contributed by atoms with Gasteiger partial charge in [-0.3, -0.25) is 0 Å². The maximum atomic E-state index is 11.4. The standard InChI is InChI=1S/C12H25NO4/c1-6-9(3)16-11(5)17-12(14)13-8-10(4)15-7-2/h9-11H,6-8H2,1-5H3,(H,13,14). The normalized spacial score (nSPS) is 16.1. The molecule has 0 aromatic heterocycles. The van der Waals surface area contributed by atoms with E-state index in [0.29, 0.717) is 13.2 Å². The first-order valence-corrected chi connectivity index (χ1v) is 6.21. The number of carbonyl (C=O) groups is 1. The van der Waals surface area contributed by atoms with Crippen LogP contribution in [0.5, 0.6) is 0 Å². The Hall–Kier alpha value is -0.810. The summed E-state index contributed by atoms with van der Waals surface area (Å²) in [7, 11) is 0. The quantitative estimate of drug-likeness (QED) is 0.669. The van der Waals surface area contributed by atoms with Crippen molar-refractivity contribution in [1.29, 1.82) is 0 Å². The van der Waals surface area contributed by atoms with Crippen LogP contribution in [0.1, 0.15) is 41.0 Å². The minimum absolute atomic E-state index is 0.0154. The van der Waals surface area contributed by atoms with Crippen LogP contribution >= 0.6 is 0 Å². The van der Waals surface area contributed by atoms with E-state index in [1.54, 1.807) is 6.92 Å². The summed E-state index contributed by atoms with van der Waals surface area (Å²) in [6, 6.07) is 0. The maximum absolute atomic E-state index is 11.4. The minimum atomic E-state index is -0.535. The van der Waals surface area contributed by atoms with Gasteiger partial charge in [-0.2, -0.15) is 0 Å². The van der Waals surface area contributed by atoms with Crippen LogP contribution in [-0.2, 0) is 14.2 Å². The van der Waals surface area contributed by atoms with E-state index in [-0.39, 0.29) is 12.2 Å². The summed E-state index contributed by atoms with van der Waals surface area (Å²) in [5.74, 6) is 0. The summed E-state index contributed by atoms with van der Waals surface area (Å²) in [5.41, 5.74) is 0. The van der Waals surface area contributed by atoms with Crippen LogP contribution in [0.25, 0.3) is 0 Å². The third kappa shape index (κ3) is 8.94. The zero-order chi connectivity index (χ0) is 13.3. The largest absolute Gasteiger partial charge is 0.420 e. The van der Waals surface area contributed by atoms with Crippen molar-refractivity contribution >= 4 is 6.09 Å². The van der Waals surface area contributed by atoms with Crippen LogP contribution in [0.15, 0.2) is 0 Å². The fraction of sp³-hybridized carbons (Fsp3) is 0.917. The number of amides is 1. The Balaban J connectivity index is 3.70. The van der Waals surface area contributed by atoms with Gasteiger partial charge in [0, 0.05) is 13.2 Å². The highest BCUT2D eigenvalue weighted by atomic mass is 16.7. The number of ether oxygens (including phenoxy) is 3. The van der Waals surface area contributed by atoms with Crippen molar-refractivity contribution in [2.75, 3.05) is 13.2 Å². The molecule has 0 fully saturated rings. The molecule has 0 aromatic carbocycles. The Kier molecular flexibility index (Phi) is 8.80. The second-order valence-electron chi connectivity index (χ2n) is 3.97. The van der Waals surface area contributed by atoms with Gasteiger partial charge in [0.05, 0.1) is 12.2 Å². The molecule has 0 aliphatic rings. The van der Waals surface area contributed by atoms with Crippen LogP contribution in [0.2, 0.25) is 0 Å². The van der Waals surface area contributed by atoms with Gasteiger partial charge in [-0.05, 0) is 34.1 Å². The van der Waals surface area contributed by atoms with Crippen molar-refractivity contribution < 1.29 is 19.0 Å². The molecule has 0 heterocycles. The molecule has 5 heteroatoms. The van der Waals surface area contributed by atoms with E-state index in [9.17, 15) is 4.79 Å². The third-order valence-corrected chi connectivity index (χ3v) is 2.26. The molecule has 1 N–H and O–H groups in total. The average Bonchev–Trinajstić information content (AvgIpc) is 2.26. The number of hydrogen-bond acceptors (Lipinski definition) is 4. The van der Waals surface area contributed by atoms with Crippen molar-refractivity contribution in [3.05, 3.63) is 0 Å². The fourth-order valence-electron chi connectivity index (χ4n) is 1.21. The maximum Gasteiger partial charge on any atom is 0.409 e. The lowest BCUT2D eigenvalue weighted by molar-refractivity contribution is -0.122. The molecule has 102 valence electrons.